The topological polar surface area (TPSA) is 82.5 Å². The van der Waals surface area contributed by atoms with E-state index in [-0.39, 0.29) is 17.4 Å². The molecule has 8 heteroatoms. The molecule has 2 aliphatic heterocycles. The minimum Gasteiger partial charge on any atom is -0.350 e. The van der Waals surface area contributed by atoms with E-state index in [4.69, 9.17) is 0 Å². The zero-order valence-corrected chi connectivity index (χ0v) is 20.1. The molecule has 2 amide bonds. The van der Waals surface area contributed by atoms with Crippen molar-refractivity contribution >= 4 is 17.6 Å². The van der Waals surface area contributed by atoms with Gasteiger partial charge >= 0.3 is 0 Å². The fourth-order valence-electron chi connectivity index (χ4n) is 4.66. The summed E-state index contributed by atoms with van der Waals surface area (Å²) in [7, 11) is 1.88. The Hall–Kier alpha value is -1.93. The average molecular weight is 433 g/mol. The van der Waals surface area contributed by atoms with Crippen molar-refractivity contribution in [1.82, 2.24) is 24.9 Å². The molecule has 8 nitrogen and oxygen atoms in total. The Bertz CT molecular complexity index is 766. The van der Waals surface area contributed by atoms with Gasteiger partial charge in [-0.2, -0.15) is 5.10 Å². The van der Waals surface area contributed by atoms with Gasteiger partial charge in [-0.25, -0.2) is 0 Å². The number of aryl methyl sites for hydroxylation is 1. The van der Waals surface area contributed by atoms with Crippen molar-refractivity contribution in [2.75, 3.05) is 31.5 Å². The molecule has 1 saturated carbocycles. The Kier molecular flexibility index (Phi) is 7.42. The lowest BCUT2D eigenvalue weighted by Gasteiger charge is -2.40. The van der Waals surface area contributed by atoms with Gasteiger partial charge in [-0.15, -0.1) is 0 Å². The quantitative estimate of drug-likeness (QED) is 0.721. The number of piperazine rings is 1. The maximum atomic E-state index is 12.6. The van der Waals surface area contributed by atoms with Crippen LogP contribution in [0.5, 0.6) is 0 Å². The van der Waals surface area contributed by atoms with E-state index < -0.39 is 0 Å². The fraction of sp³-hybridized carbons (Fsp3) is 0.783. The first kappa shape index (κ1) is 23.7. The largest absolute Gasteiger partial charge is 0.350 e. The van der Waals surface area contributed by atoms with Crippen LogP contribution in [-0.4, -0.2) is 75.2 Å². The van der Waals surface area contributed by atoms with Crippen LogP contribution in [0.2, 0.25) is 0 Å². The molecule has 0 spiro atoms. The first-order valence-corrected chi connectivity index (χ1v) is 11.8. The molecule has 174 valence electrons. The van der Waals surface area contributed by atoms with Gasteiger partial charge in [-0.05, 0) is 46.5 Å². The first-order chi connectivity index (χ1) is 14.7. The van der Waals surface area contributed by atoms with Gasteiger partial charge in [0.2, 0.25) is 11.8 Å². The molecule has 2 unspecified atom stereocenters. The normalized spacial score (nSPS) is 23.8. The van der Waals surface area contributed by atoms with Crippen molar-refractivity contribution < 1.29 is 9.59 Å². The van der Waals surface area contributed by atoms with E-state index in [9.17, 15) is 9.59 Å². The highest BCUT2D eigenvalue weighted by molar-refractivity contribution is 5.91. The molecule has 31 heavy (non-hydrogen) atoms. The minimum absolute atomic E-state index is 0.00803. The van der Waals surface area contributed by atoms with E-state index in [2.05, 4.69) is 25.5 Å². The van der Waals surface area contributed by atoms with Crippen LogP contribution >= 0.6 is 0 Å². The van der Waals surface area contributed by atoms with E-state index in [0.29, 0.717) is 31.1 Å². The third-order valence-electron chi connectivity index (χ3n) is 6.08. The summed E-state index contributed by atoms with van der Waals surface area (Å²) in [5.74, 6) is 1.44. The molecule has 1 aromatic heterocycles. The lowest BCUT2D eigenvalue weighted by molar-refractivity contribution is -0.126. The first-order valence-electron chi connectivity index (χ1n) is 11.8. The average Bonchev–Trinajstić information content (AvgIpc) is 3.42. The zero-order chi connectivity index (χ0) is 22.8. The zero-order valence-electron chi connectivity index (χ0n) is 20.1. The van der Waals surface area contributed by atoms with E-state index >= 15 is 0 Å². The third-order valence-corrected chi connectivity index (χ3v) is 6.08. The SMILES string of the molecule is CC.Cn1nc(C2CC2)cc1NC(=O)CN1CC2CCC(C1)N2CC(=O)NC(C)(C)C. The molecule has 2 atom stereocenters. The molecule has 3 aliphatic rings. The summed E-state index contributed by atoms with van der Waals surface area (Å²) in [6, 6.07) is 2.71. The van der Waals surface area contributed by atoms with Gasteiger partial charge in [0.25, 0.3) is 0 Å². The minimum atomic E-state index is -0.207. The van der Waals surface area contributed by atoms with Crippen molar-refractivity contribution in [3.63, 3.8) is 0 Å². The van der Waals surface area contributed by atoms with Crippen LogP contribution in [0.15, 0.2) is 6.07 Å². The van der Waals surface area contributed by atoms with Gasteiger partial charge in [0.05, 0.1) is 18.8 Å². The number of anilines is 1. The highest BCUT2D eigenvalue weighted by Gasteiger charge is 2.41. The molecule has 2 saturated heterocycles. The van der Waals surface area contributed by atoms with Crippen LogP contribution in [0.4, 0.5) is 5.82 Å². The summed E-state index contributed by atoms with van der Waals surface area (Å²) in [6.45, 7) is 12.5. The van der Waals surface area contributed by atoms with E-state index in [1.54, 1.807) is 4.68 Å². The lowest BCUT2D eigenvalue weighted by Crippen LogP contribution is -2.58. The number of rotatable bonds is 6. The van der Waals surface area contributed by atoms with E-state index in [0.717, 1.165) is 37.4 Å². The van der Waals surface area contributed by atoms with Crippen LogP contribution < -0.4 is 10.6 Å². The second-order valence-electron chi connectivity index (χ2n) is 9.95. The van der Waals surface area contributed by atoms with Crippen LogP contribution in [0.3, 0.4) is 0 Å². The second-order valence-corrected chi connectivity index (χ2v) is 9.95. The predicted molar refractivity (Wildman–Crippen MR) is 123 cm³/mol. The number of aromatic nitrogens is 2. The van der Waals surface area contributed by atoms with Gasteiger partial charge in [-0.3, -0.25) is 24.1 Å². The van der Waals surface area contributed by atoms with Crippen molar-refractivity contribution in [3.8, 4) is 0 Å². The molecule has 0 radical (unpaired) electrons. The van der Waals surface area contributed by atoms with Crippen LogP contribution in [-0.2, 0) is 16.6 Å². The summed E-state index contributed by atoms with van der Waals surface area (Å²) < 4.78 is 1.76. The van der Waals surface area contributed by atoms with Crippen LogP contribution in [0, 0.1) is 0 Å². The van der Waals surface area contributed by atoms with Gasteiger partial charge in [0, 0.05) is 49.7 Å². The third kappa shape index (κ3) is 6.29. The summed E-state index contributed by atoms with van der Waals surface area (Å²) >= 11 is 0. The maximum Gasteiger partial charge on any atom is 0.239 e. The van der Waals surface area contributed by atoms with Gasteiger partial charge in [0.15, 0.2) is 0 Å². The summed E-state index contributed by atoms with van der Waals surface area (Å²) in [6.07, 6.45) is 4.59. The predicted octanol–water partition coefficient (Wildman–Crippen LogP) is 2.33. The van der Waals surface area contributed by atoms with Crippen molar-refractivity contribution in [2.45, 2.75) is 83.8 Å². The van der Waals surface area contributed by atoms with Crippen molar-refractivity contribution in [2.24, 2.45) is 7.05 Å². The molecule has 3 heterocycles. The Morgan fingerprint density at radius 2 is 1.65 bits per heavy atom. The van der Waals surface area contributed by atoms with Crippen LogP contribution in [0.1, 0.15) is 71.9 Å². The summed E-state index contributed by atoms with van der Waals surface area (Å²) in [4.78, 5) is 29.5. The van der Waals surface area contributed by atoms with Gasteiger partial charge in [-0.1, -0.05) is 13.8 Å². The molecule has 4 rings (SSSR count). The fourth-order valence-corrected chi connectivity index (χ4v) is 4.66. The number of likely N-dealkylation sites (tertiary alicyclic amines) is 1. The van der Waals surface area contributed by atoms with Gasteiger partial charge < -0.3 is 10.6 Å². The number of nitrogens with one attached hydrogen (secondary N) is 2. The Morgan fingerprint density at radius 3 is 2.19 bits per heavy atom. The number of nitrogens with zero attached hydrogens (tertiary/aromatic N) is 4. The standard InChI is InChI=1S/C21H34N6O2.C2H6/c1-21(2,3)23-20(29)13-27-15-7-8-16(27)11-26(10-15)12-19(28)22-18-9-17(14-5-6-14)24-25(18)4;1-2/h9,14-16H,5-8,10-13H2,1-4H3,(H,22,28)(H,23,29);1-2H3. The number of hydrogen-bond donors (Lipinski definition) is 2. The smallest absolute Gasteiger partial charge is 0.239 e. The Balaban J connectivity index is 0.00000132. The van der Waals surface area contributed by atoms with E-state index in [1.807, 2.05) is 47.7 Å². The molecule has 2 N–H and O–H groups in total. The Morgan fingerprint density at radius 1 is 1.03 bits per heavy atom. The summed E-state index contributed by atoms with van der Waals surface area (Å²) in [5, 5.41) is 10.6. The number of amides is 2. The van der Waals surface area contributed by atoms with Crippen molar-refractivity contribution in [3.05, 3.63) is 11.8 Å². The van der Waals surface area contributed by atoms with Crippen molar-refractivity contribution in [1.29, 1.82) is 0 Å². The molecule has 2 bridgehead atoms. The van der Waals surface area contributed by atoms with E-state index in [1.165, 1.54) is 12.8 Å². The molecule has 0 aromatic carbocycles. The van der Waals surface area contributed by atoms with Crippen LogP contribution in [0.25, 0.3) is 0 Å². The number of hydrogen-bond acceptors (Lipinski definition) is 5. The second kappa shape index (κ2) is 9.69. The lowest BCUT2D eigenvalue weighted by atomic mass is 10.1. The van der Waals surface area contributed by atoms with Gasteiger partial charge in [0.1, 0.15) is 5.82 Å². The maximum absolute atomic E-state index is 12.6. The molecule has 1 aliphatic carbocycles. The molecular weight excluding hydrogens is 392 g/mol. The monoisotopic (exact) mass is 432 g/mol. The number of carbonyl (C=O) groups is 2. The molecule has 1 aromatic rings. The Labute approximate surface area is 186 Å². The molecular formula is C23H40N6O2. The highest BCUT2D eigenvalue weighted by atomic mass is 16.2. The molecule has 3 fully saturated rings. The highest BCUT2D eigenvalue weighted by Crippen LogP contribution is 2.40. The number of carbonyl (C=O) groups excluding carboxylic acids is 2. The number of fused-ring (bicyclic) bond motifs is 2. The summed E-state index contributed by atoms with van der Waals surface area (Å²) in [5.41, 5.74) is 0.879.